The van der Waals surface area contributed by atoms with Crippen LogP contribution in [0.15, 0.2) is 0 Å². The molecule has 0 aliphatic rings. The normalized spacial score (nSPS) is 13.2. The van der Waals surface area contributed by atoms with Gasteiger partial charge in [-0.3, -0.25) is 0 Å². The van der Waals surface area contributed by atoms with Gasteiger partial charge in [0.15, 0.2) is 0 Å². The monoisotopic (exact) mass is 210 g/mol. The van der Waals surface area contributed by atoms with Crippen LogP contribution in [0.25, 0.3) is 0 Å². The minimum atomic E-state index is -2.76. The first-order chi connectivity index (χ1) is 6.12. The summed E-state index contributed by atoms with van der Waals surface area (Å²) in [6, 6.07) is 0. The molecule has 0 aliphatic heterocycles. The first-order valence-electron chi connectivity index (χ1n) is 5.12. The van der Waals surface area contributed by atoms with E-state index < -0.39 is 7.94 Å². The SMILES string of the molecule is CCCCCCO[PH](C)(O)OCC. The minimum absolute atomic E-state index is 0.522. The third kappa shape index (κ3) is 8.63. The van der Waals surface area contributed by atoms with Gasteiger partial charge in [0.05, 0.1) is 0 Å². The molecule has 0 spiro atoms. The summed E-state index contributed by atoms with van der Waals surface area (Å²) in [5.74, 6) is 0. The number of hydrogen-bond acceptors (Lipinski definition) is 3. The third-order valence-electron chi connectivity index (χ3n) is 1.78. The Morgan fingerprint density at radius 1 is 1.08 bits per heavy atom. The predicted octanol–water partition coefficient (Wildman–Crippen LogP) is 2.74. The molecule has 0 aromatic heterocycles. The van der Waals surface area contributed by atoms with Gasteiger partial charge in [0.2, 0.25) is 0 Å². The number of hydrogen-bond donors (Lipinski definition) is 1. The van der Waals surface area contributed by atoms with Gasteiger partial charge in [-0.15, -0.1) is 0 Å². The summed E-state index contributed by atoms with van der Waals surface area (Å²) in [6.45, 7) is 6.84. The molecule has 0 saturated heterocycles. The van der Waals surface area contributed by atoms with Crippen molar-refractivity contribution in [1.29, 1.82) is 0 Å². The van der Waals surface area contributed by atoms with E-state index >= 15 is 0 Å². The van der Waals surface area contributed by atoms with Gasteiger partial charge in [-0.2, -0.15) is 0 Å². The fraction of sp³-hybridized carbons (Fsp3) is 1.00. The molecule has 0 amide bonds. The van der Waals surface area contributed by atoms with E-state index in [1.165, 1.54) is 19.3 Å². The van der Waals surface area contributed by atoms with Gasteiger partial charge < -0.3 is 0 Å². The molecular formula is C9H23O3P. The van der Waals surface area contributed by atoms with E-state index in [0.29, 0.717) is 13.2 Å². The predicted molar refractivity (Wildman–Crippen MR) is 58.2 cm³/mol. The van der Waals surface area contributed by atoms with Crippen LogP contribution in [0.4, 0.5) is 0 Å². The molecule has 3 nitrogen and oxygen atoms in total. The van der Waals surface area contributed by atoms with E-state index in [-0.39, 0.29) is 0 Å². The fourth-order valence-electron chi connectivity index (χ4n) is 1.10. The summed E-state index contributed by atoms with van der Waals surface area (Å²) in [7, 11) is -2.76. The van der Waals surface area contributed by atoms with Crippen molar-refractivity contribution in [3.05, 3.63) is 0 Å². The second-order valence-electron chi connectivity index (χ2n) is 3.24. The van der Waals surface area contributed by atoms with E-state index in [9.17, 15) is 4.89 Å². The van der Waals surface area contributed by atoms with Crippen LogP contribution in [0.2, 0.25) is 0 Å². The first-order valence-corrected chi connectivity index (χ1v) is 7.39. The average Bonchev–Trinajstić information content (AvgIpc) is 2.04. The van der Waals surface area contributed by atoms with Crippen molar-refractivity contribution < 1.29 is 13.9 Å². The van der Waals surface area contributed by atoms with Crippen LogP contribution in [0, 0.1) is 0 Å². The summed E-state index contributed by atoms with van der Waals surface area (Å²) in [5, 5.41) is 0. The van der Waals surface area contributed by atoms with Gasteiger partial charge >= 0.3 is 81.3 Å². The van der Waals surface area contributed by atoms with Crippen molar-refractivity contribution >= 4 is 7.94 Å². The third-order valence-corrected chi connectivity index (χ3v) is 3.34. The quantitative estimate of drug-likeness (QED) is 0.494. The van der Waals surface area contributed by atoms with E-state index in [2.05, 4.69) is 6.92 Å². The molecule has 0 aromatic rings. The molecule has 0 heterocycles. The van der Waals surface area contributed by atoms with Crippen molar-refractivity contribution in [3.63, 3.8) is 0 Å². The van der Waals surface area contributed by atoms with E-state index in [4.69, 9.17) is 9.05 Å². The van der Waals surface area contributed by atoms with Crippen molar-refractivity contribution in [3.8, 4) is 0 Å². The zero-order valence-electron chi connectivity index (χ0n) is 9.01. The zero-order valence-corrected chi connectivity index (χ0v) is 10.0. The summed E-state index contributed by atoms with van der Waals surface area (Å²) in [5.41, 5.74) is 0. The molecule has 0 bridgehead atoms. The summed E-state index contributed by atoms with van der Waals surface area (Å²) in [6.07, 6.45) is 4.65. The second kappa shape index (κ2) is 7.69. The molecule has 82 valence electrons. The summed E-state index contributed by atoms with van der Waals surface area (Å²) in [4.78, 5) is 9.57. The van der Waals surface area contributed by atoms with Crippen LogP contribution >= 0.6 is 7.94 Å². The van der Waals surface area contributed by atoms with E-state index in [1.54, 1.807) is 6.66 Å². The van der Waals surface area contributed by atoms with Crippen LogP contribution in [0.1, 0.15) is 39.5 Å². The molecule has 0 aliphatic carbocycles. The Labute approximate surface area is 82.0 Å². The van der Waals surface area contributed by atoms with Crippen molar-refractivity contribution in [1.82, 2.24) is 0 Å². The van der Waals surface area contributed by atoms with Gasteiger partial charge in [-0.1, -0.05) is 0 Å². The zero-order chi connectivity index (χ0) is 10.2. The van der Waals surface area contributed by atoms with Crippen LogP contribution in [0.3, 0.4) is 0 Å². The molecule has 0 aromatic carbocycles. The van der Waals surface area contributed by atoms with Gasteiger partial charge in [0.1, 0.15) is 0 Å². The fourth-order valence-corrected chi connectivity index (χ4v) is 2.24. The molecule has 0 saturated carbocycles. The maximum absolute atomic E-state index is 9.57. The van der Waals surface area contributed by atoms with Crippen molar-refractivity contribution in [2.75, 3.05) is 19.9 Å². The Kier molecular flexibility index (Phi) is 7.87. The number of rotatable bonds is 8. The Balaban J connectivity index is 3.29. The molecule has 0 unspecified atom stereocenters. The molecule has 1 N–H and O–H groups in total. The standard InChI is InChI=1S/C9H23O3P/c1-4-6-7-8-9-12-13(3,10)11-5-2/h10,13H,4-9H2,1-3H3. The summed E-state index contributed by atoms with van der Waals surface area (Å²) >= 11 is 0. The molecule has 0 radical (unpaired) electrons. The molecule has 0 fully saturated rings. The molecular weight excluding hydrogens is 187 g/mol. The summed E-state index contributed by atoms with van der Waals surface area (Å²) < 4.78 is 10.4. The van der Waals surface area contributed by atoms with Gasteiger partial charge in [0, 0.05) is 0 Å². The molecule has 0 rings (SSSR count). The van der Waals surface area contributed by atoms with Crippen molar-refractivity contribution in [2.45, 2.75) is 39.5 Å². The van der Waals surface area contributed by atoms with Crippen LogP contribution in [-0.4, -0.2) is 24.8 Å². The molecule has 4 heteroatoms. The maximum atomic E-state index is 9.57. The Bertz CT molecular complexity index is 117. The second-order valence-corrected chi connectivity index (χ2v) is 5.61. The average molecular weight is 210 g/mol. The Hall–Kier alpha value is 0.310. The van der Waals surface area contributed by atoms with Gasteiger partial charge in [-0.25, -0.2) is 0 Å². The van der Waals surface area contributed by atoms with Gasteiger partial charge in [0.25, 0.3) is 0 Å². The van der Waals surface area contributed by atoms with Crippen LogP contribution < -0.4 is 0 Å². The van der Waals surface area contributed by atoms with Crippen LogP contribution in [-0.2, 0) is 9.05 Å². The molecule has 13 heavy (non-hydrogen) atoms. The van der Waals surface area contributed by atoms with Crippen LogP contribution in [0.5, 0.6) is 0 Å². The van der Waals surface area contributed by atoms with Gasteiger partial charge in [-0.05, 0) is 0 Å². The van der Waals surface area contributed by atoms with E-state index in [0.717, 1.165) is 6.42 Å². The van der Waals surface area contributed by atoms with Crippen molar-refractivity contribution in [2.24, 2.45) is 0 Å². The molecule has 0 atom stereocenters. The number of unbranched alkanes of at least 4 members (excludes halogenated alkanes) is 3. The first kappa shape index (κ1) is 13.3. The van der Waals surface area contributed by atoms with E-state index in [1.807, 2.05) is 6.92 Å². The Morgan fingerprint density at radius 3 is 2.31 bits per heavy atom. The Morgan fingerprint density at radius 2 is 1.77 bits per heavy atom. The topological polar surface area (TPSA) is 38.7 Å².